The number of rotatable bonds is 5. The molecule has 2 aromatic carbocycles. The minimum Gasteiger partial charge on any atom is -0.492 e. The lowest BCUT2D eigenvalue weighted by atomic mass is 10.1. The summed E-state index contributed by atoms with van der Waals surface area (Å²) < 4.78 is 11.2. The number of nitrogen functional groups attached to an aromatic ring is 1. The van der Waals surface area contributed by atoms with Crippen LogP contribution in [0.3, 0.4) is 0 Å². The molecule has 1 aliphatic heterocycles. The largest absolute Gasteiger partial charge is 0.492 e. The first-order chi connectivity index (χ1) is 12.1. The molecule has 1 unspecified atom stereocenters. The number of fused-ring (bicyclic) bond motifs is 1. The van der Waals surface area contributed by atoms with E-state index >= 15 is 0 Å². The Morgan fingerprint density at radius 2 is 2.16 bits per heavy atom. The molecule has 3 rings (SSSR count). The fourth-order valence-electron chi connectivity index (χ4n) is 2.89. The first kappa shape index (κ1) is 17.0. The van der Waals surface area contributed by atoms with Gasteiger partial charge in [-0.3, -0.25) is 4.79 Å². The van der Waals surface area contributed by atoms with Crippen molar-refractivity contribution in [2.75, 3.05) is 35.7 Å². The summed E-state index contributed by atoms with van der Waals surface area (Å²) in [6.07, 6.45) is 0. The van der Waals surface area contributed by atoms with Crippen LogP contribution in [-0.2, 0) is 4.79 Å². The van der Waals surface area contributed by atoms with Crippen LogP contribution >= 0.6 is 0 Å². The van der Waals surface area contributed by atoms with Crippen molar-refractivity contribution in [3.8, 4) is 11.5 Å². The molecule has 1 atom stereocenters. The summed E-state index contributed by atoms with van der Waals surface area (Å²) in [6, 6.07) is 12.6. The SMILES string of the molecule is CCOc1ccccc1NC(=O)C(C)N1CCOc2cc(N)ccc21. The molecule has 25 heavy (non-hydrogen) atoms. The molecule has 3 N–H and O–H groups in total. The molecule has 132 valence electrons. The number of nitrogens with zero attached hydrogens (tertiary/aromatic N) is 1. The summed E-state index contributed by atoms with van der Waals surface area (Å²) >= 11 is 0. The van der Waals surface area contributed by atoms with Gasteiger partial charge in [0.05, 0.1) is 24.5 Å². The van der Waals surface area contributed by atoms with Crippen molar-refractivity contribution >= 4 is 23.0 Å². The number of carbonyl (C=O) groups is 1. The lowest BCUT2D eigenvalue weighted by Gasteiger charge is -2.35. The number of amides is 1. The fourth-order valence-corrected chi connectivity index (χ4v) is 2.89. The van der Waals surface area contributed by atoms with Crippen LogP contribution < -0.4 is 25.4 Å². The van der Waals surface area contributed by atoms with Gasteiger partial charge in [-0.1, -0.05) is 12.1 Å². The second kappa shape index (κ2) is 7.34. The van der Waals surface area contributed by atoms with Crippen LogP contribution in [0.25, 0.3) is 0 Å². The number of nitrogens with two attached hydrogens (primary N) is 1. The topological polar surface area (TPSA) is 76.8 Å². The number of ether oxygens (including phenoxy) is 2. The predicted molar refractivity (Wildman–Crippen MR) is 99.4 cm³/mol. The fraction of sp³-hybridized carbons (Fsp3) is 0.316. The van der Waals surface area contributed by atoms with E-state index in [2.05, 4.69) is 5.32 Å². The second-order valence-corrected chi connectivity index (χ2v) is 5.86. The van der Waals surface area contributed by atoms with Gasteiger partial charge in [0.15, 0.2) is 0 Å². The zero-order chi connectivity index (χ0) is 17.8. The van der Waals surface area contributed by atoms with E-state index in [4.69, 9.17) is 15.2 Å². The van der Waals surface area contributed by atoms with Crippen LogP contribution in [0.15, 0.2) is 42.5 Å². The van der Waals surface area contributed by atoms with E-state index in [0.717, 1.165) is 5.69 Å². The Hall–Kier alpha value is -2.89. The van der Waals surface area contributed by atoms with Gasteiger partial charge in [0, 0.05) is 11.8 Å². The van der Waals surface area contributed by atoms with Crippen LogP contribution in [0.4, 0.5) is 17.1 Å². The van der Waals surface area contributed by atoms with Gasteiger partial charge in [0.2, 0.25) is 5.91 Å². The highest BCUT2D eigenvalue weighted by atomic mass is 16.5. The van der Waals surface area contributed by atoms with E-state index in [-0.39, 0.29) is 11.9 Å². The Bertz CT molecular complexity index is 763. The molecule has 1 aliphatic rings. The number of carbonyl (C=O) groups excluding carboxylic acids is 1. The molecule has 0 aromatic heterocycles. The minimum absolute atomic E-state index is 0.100. The van der Waals surface area contributed by atoms with Crippen LogP contribution in [0.1, 0.15) is 13.8 Å². The Labute approximate surface area is 147 Å². The van der Waals surface area contributed by atoms with E-state index in [1.807, 2.05) is 55.1 Å². The maximum atomic E-state index is 12.8. The molecule has 1 amide bonds. The van der Waals surface area contributed by atoms with Crippen molar-refractivity contribution in [2.24, 2.45) is 0 Å². The minimum atomic E-state index is -0.360. The Kier molecular flexibility index (Phi) is 4.97. The van der Waals surface area contributed by atoms with E-state index in [1.165, 1.54) is 0 Å². The van der Waals surface area contributed by atoms with Gasteiger partial charge < -0.3 is 25.4 Å². The van der Waals surface area contributed by atoms with Gasteiger partial charge in [-0.25, -0.2) is 0 Å². The normalized spacial score (nSPS) is 14.2. The average Bonchev–Trinajstić information content (AvgIpc) is 2.62. The Balaban J connectivity index is 1.78. The molecule has 0 saturated carbocycles. The maximum absolute atomic E-state index is 12.8. The quantitative estimate of drug-likeness (QED) is 0.818. The smallest absolute Gasteiger partial charge is 0.246 e. The number of hydrogen-bond donors (Lipinski definition) is 2. The molecule has 0 radical (unpaired) electrons. The van der Waals surface area contributed by atoms with Gasteiger partial charge in [-0.2, -0.15) is 0 Å². The summed E-state index contributed by atoms with van der Waals surface area (Å²) in [5.74, 6) is 1.28. The molecule has 2 aromatic rings. The predicted octanol–water partition coefficient (Wildman–Crippen LogP) is 2.89. The molecule has 0 aliphatic carbocycles. The molecular weight excluding hydrogens is 318 g/mol. The molecule has 6 heteroatoms. The number of anilines is 3. The van der Waals surface area contributed by atoms with Crippen molar-refractivity contribution in [2.45, 2.75) is 19.9 Å². The van der Waals surface area contributed by atoms with E-state index in [0.29, 0.717) is 42.6 Å². The molecule has 0 saturated heterocycles. The average molecular weight is 341 g/mol. The Morgan fingerprint density at radius 1 is 1.36 bits per heavy atom. The molecule has 0 fully saturated rings. The third kappa shape index (κ3) is 3.63. The molecule has 1 heterocycles. The molecule has 0 bridgehead atoms. The highest BCUT2D eigenvalue weighted by Crippen LogP contribution is 2.34. The van der Waals surface area contributed by atoms with E-state index < -0.39 is 0 Å². The summed E-state index contributed by atoms with van der Waals surface area (Å²) in [5, 5.41) is 2.96. The molecule has 0 spiro atoms. The number of nitrogens with one attached hydrogen (secondary N) is 1. The summed E-state index contributed by atoms with van der Waals surface area (Å²) in [4.78, 5) is 14.8. The van der Waals surface area contributed by atoms with Gasteiger partial charge in [-0.05, 0) is 38.1 Å². The van der Waals surface area contributed by atoms with Crippen LogP contribution in [0.2, 0.25) is 0 Å². The van der Waals surface area contributed by atoms with E-state index in [9.17, 15) is 4.79 Å². The molecular formula is C19H23N3O3. The third-order valence-corrected chi connectivity index (χ3v) is 4.17. The van der Waals surface area contributed by atoms with Crippen LogP contribution in [-0.4, -0.2) is 31.7 Å². The van der Waals surface area contributed by atoms with Crippen molar-refractivity contribution in [3.05, 3.63) is 42.5 Å². The zero-order valence-corrected chi connectivity index (χ0v) is 14.5. The van der Waals surface area contributed by atoms with Gasteiger partial charge in [-0.15, -0.1) is 0 Å². The summed E-state index contributed by atoms with van der Waals surface area (Å²) in [7, 11) is 0. The van der Waals surface area contributed by atoms with Crippen molar-refractivity contribution < 1.29 is 14.3 Å². The standard InChI is InChI=1S/C19H23N3O3/c1-3-24-17-7-5-4-6-15(17)21-19(23)13(2)22-10-11-25-18-12-14(20)8-9-16(18)22/h4-9,12-13H,3,10-11,20H2,1-2H3,(H,21,23). The van der Waals surface area contributed by atoms with Crippen LogP contribution in [0, 0.1) is 0 Å². The lowest BCUT2D eigenvalue weighted by molar-refractivity contribution is -0.117. The van der Waals surface area contributed by atoms with Crippen molar-refractivity contribution in [3.63, 3.8) is 0 Å². The monoisotopic (exact) mass is 341 g/mol. The van der Waals surface area contributed by atoms with Gasteiger partial charge >= 0.3 is 0 Å². The van der Waals surface area contributed by atoms with Crippen molar-refractivity contribution in [1.82, 2.24) is 0 Å². The Morgan fingerprint density at radius 3 is 2.96 bits per heavy atom. The first-order valence-electron chi connectivity index (χ1n) is 8.41. The number of hydrogen-bond acceptors (Lipinski definition) is 5. The zero-order valence-electron chi connectivity index (χ0n) is 14.5. The number of benzene rings is 2. The van der Waals surface area contributed by atoms with Gasteiger partial charge in [0.1, 0.15) is 24.1 Å². The first-order valence-corrected chi connectivity index (χ1v) is 8.41. The highest BCUT2D eigenvalue weighted by Gasteiger charge is 2.27. The lowest BCUT2D eigenvalue weighted by Crippen LogP contribution is -2.46. The van der Waals surface area contributed by atoms with Crippen LogP contribution in [0.5, 0.6) is 11.5 Å². The van der Waals surface area contributed by atoms with Crippen molar-refractivity contribution in [1.29, 1.82) is 0 Å². The van der Waals surface area contributed by atoms with E-state index in [1.54, 1.807) is 6.07 Å². The second-order valence-electron chi connectivity index (χ2n) is 5.86. The maximum Gasteiger partial charge on any atom is 0.246 e. The number of para-hydroxylation sites is 2. The summed E-state index contributed by atoms with van der Waals surface area (Å²) in [5.41, 5.74) is 8.01. The van der Waals surface area contributed by atoms with Gasteiger partial charge in [0.25, 0.3) is 0 Å². The highest BCUT2D eigenvalue weighted by molar-refractivity contribution is 5.98. The molecule has 6 nitrogen and oxygen atoms in total. The summed E-state index contributed by atoms with van der Waals surface area (Å²) in [6.45, 7) is 5.49. The third-order valence-electron chi connectivity index (χ3n) is 4.17.